The SMILES string of the molecule is CO[C@H]1[C@H](NC(=O)c2ccncc2)c2ccccc2C12CCN(C(=O)c1cc3cc(C)ccc3[nH]1)CC2. The fourth-order valence-electron chi connectivity index (χ4n) is 6.30. The highest BCUT2D eigenvalue weighted by Crippen LogP contribution is 2.52. The summed E-state index contributed by atoms with van der Waals surface area (Å²) in [6.07, 6.45) is 4.52. The van der Waals surface area contributed by atoms with Crippen molar-refractivity contribution in [2.45, 2.75) is 37.3 Å². The molecule has 0 saturated carbocycles. The van der Waals surface area contributed by atoms with Gasteiger partial charge in [-0.15, -0.1) is 0 Å². The lowest BCUT2D eigenvalue weighted by Crippen LogP contribution is -2.51. The Morgan fingerprint density at radius 2 is 1.81 bits per heavy atom. The molecule has 2 amide bonds. The van der Waals surface area contributed by atoms with Gasteiger partial charge in [0.15, 0.2) is 0 Å². The van der Waals surface area contributed by atoms with Gasteiger partial charge in [0, 0.05) is 54.5 Å². The second-order valence-corrected chi connectivity index (χ2v) is 10.2. The van der Waals surface area contributed by atoms with Crippen LogP contribution in [0.2, 0.25) is 0 Å². The van der Waals surface area contributed by atoms with Gasteiger partial charge in [0.25, 0.3) is 11.8 Å². The minimum absolute atomic E-state index is 0.0199. The van der Waals surface area contributed by atoms with E-state index in [2.05, 4.69) is 40.4 Å². The minimum Gasteiger partial charge on any atom is -0.378 e. The van der Waals surface area contributed by atoms with Crippen molar-refractivity contribution in [3.8, 4) is 0 Å². The first kappa shape index (κ1) is 23.4. The number of carbonyl (C=O) groups excluding carboxylic acids is 2. The number of nitrogens with zero attached hydrogens (tertiary/aromatic N) is 2. The Labute approximate surface area is 215 Å². The molecule has 7 nitrogen and oxygen atoms in total. The lowest BCUT2D eigenvalue weighted by atomic mass is 9.71. The second-order valence-electron chi connectivity index (χ2n) is 10.2. The van der Waals surface area contributed by atoms with Crippen molar-refractivity contribution in [3.63, 3.8) is 0 Å². The van der Waals surface area contributed by atoms with E-state index in [0.29, 0.717) is 24.3 Å². The molecular formula is C30H30N4O3. The molecule has 2 N–H and O–H groups in total. The molecule has 0 bridgehead atoms. The molecule has 2 atom stereocenters. The first-order valence-corrected chi connectivity index (χ1v) is 12.7. The highest BCUT2D eigenvalue weighted by Gasteiger charge is 2.54. The fraction of sp³-hybridized carbons (Fsp3) is 0.300. The summed E-state index contributed by atoms with van der Waals surface area (Å²) in [6.45, 7) is 3.29. The first-order chi connectivity index (χ1) is 18.0. The fourth-order valence-corrected chi connectivity index (χ4v) is 6.30. The number of aryl methyl sites for hydroxylation is 1. The summed E-state index contributed by atoms with van der Waals surface area (Å²) < 4.78 is 6.13. The molecule has 2 aromatic carbocycles. The van der Waals surface area contributed by atoms with Crippen LogP contribution < -0.4 is 5.32 Å². The van der Waals surface area contributed by atoms with Crippen LogP contribution in [0.5, 0.6) is 0 Å². The van der Waals surface area contributed by atoms with Gasteiger partial charge in [-0.1, -0.05) is 35.9 Å². The monoisotopic (exact) mass is 494 g/mol. The van der Waals surface area contributed by atoms with E-state index >= 15 is 0 Å². The number of nitrogens with one attached hydrogen (secondary N) is 2. The summed E-state index contributed by atoms with van der Waals surface area (Å²) in [6, 6.07) is 19.5. The average Bonchev–Trinajstić information content (AvgIpc) is 3.46. The highest BCUT2D eigenvalue weighted by atomic mass is 16.5. The summed E-state index contributed by atoms with van der Waals surface area (Å²) in [5.41, 5.74) is 5.33. The molecule has 6 rings (SSSR count). The van der Waals surface area contributed by atoms with E-state index in [4.69, 9.17) is 4.74 Å². The number of carbonyl (C=O) groups is 2. The number of rotatable bonds is 4. The Balaban J connectivity index is 1.25. The lowest BCUT2D eigenvalue weighted by molar-refractivity contribution is -0.00935. The molecule has 1 fully saturated rings. The molecule has 0 unspecified atom stereocenters. The van der Waals surface area contributed by atoms with Gasteiger partial charge in [-0.2, -0.15) is 0 Å². The van der Waals surface area contributed by atoms with Crippen molar-refractivity contribution in [2.24, 2.45) is 0 Å². The molecular weight excluding hydrogens is 464 g/mol. The number of benzene rings is 2. The topological polar surface area (TPSA) is 87.3 Å². The maximum Gasteiger partial charge on any atom is 0.270 e. The Morgan fingerprint density at radius 3 is 2.57 bits per heavy atom. The van der Waals surface area contributed by atoms with E-state index in [9.17, 15) is 9.59 Å². The number of ether oxygens (including phenoxy) is 1. The number of hydrogen-bond donors (Lipinski definition) is 2. The smallest absolute Gasteiger partial charge is 0.270 e. The minimum atomic E-state index is -0.282. The van der Waals surface area contributed by atoms with E-state index < -0.39 is 0 Å². The van der Waals surface area contributed by atoms with Crippen LogP contribution in [0.15, 0.2) is 73.1 Å². The molecule has 0 radical (unpaired) electrons. The first-order valence-electron chi connectivity index (χ1n) is 12.7. The average molecular weight is 495 g/mol. The number of fused-ring (bicyclic) bond motifs is 3. The van der Waals surface area contributed by atoms with E-state index in [0.717, 1.165) is 29.3 Å². The van der Waals surface area contributed by atoms with Crippen LogP contribution in [0.3, 0.4) is 0 Å². The third kappa shape index (κ3) is 3.90. The summed E-state index contributed by atoms with van der Waals surface area (Å²) in [4.78, 5) is 35.7. The second kappa shape index (κ2) is 9.16. The van der Waals surface area contributed by atoms with Gasteiger partial charge >= 0.3 is 0 Å². The molecule has 2 aromatic heterocycles. The number of piperidine rings is 1. The Morgan fingerprint density at radius 1 is 1.05 bits per heavy atom. The number of aromatic nitrogens is 2. The maximum absolute atomic E-state index is 13.4. The van der Waals surface area contributed by atoms with Crippen LogP contribution in [0.4, 0.5) is 0 Å². The van der Waals surface area contributed by atoms with Crippen molar-refractivity contribution in [1.82, 2.24) is 20.2 Å². The van der Waals surface area contributed by atoms with Gasteiger partial charge in [-0.05, 0) is 61.2 Å². The predicted molar refractivity (Wildman–Crippen MR) is 142 cm³/mol. The Hall–Kier alpha value is -3.97. The summed E-state index contributed by atoms with van der Waals surface area (Å²) in [7, 11) is 1.72. The van der Waals surface area contributed by atoms with E-state index in [1.807, 2.05) is 35.2 Å². The van der Waals surface area contributed by atoms with Crippen molar-refractivity contribution in [3.05, 3.63) is 101 Å². The van der Waals surface area contributed by atoms with Crippen LogP contribution in [0, 0.1) is 6.92 Å². The number of methoxy groups -OCH3 is 1. The van der Waals surface area contributed by atoms with Crippen molar-refractivity contribution in [2.75, 3.05) is 20.2 Å². The maximum atomic E-state index is 13.4. The third-order valence-corrected chi connectivity index (χ3v) is 8.11. The van der Waals surface area contributed by atoms with Crippen molar-refractivity contribution >= 4 is 22.7 Å². The van der Waals surface area contributed by atoms with Crippen LogP contribution in [0.1, 0.15) is 56.4 Å². The zero-order valence-electron chi connectivity index (χ0n) is 21.0. The van der Waals surface area contributed by atoms with Gasteiger partial charge in [-0.3, -0.25) is 14.6 Å². The van der Waals surface area contributed by atoms with E-state index in [1.54, 1.807) is 31.6 Å². The third-order valence-electron chi connectivity index (χ3n) is 8.11. The number of pyridine rings is 1. The largest absolute Gasteiger partial charge is 0.378 e. The van der Waals surface area contributed by atoms with Crippen molar-refractivity contribution in [1.29, 1.82) is 0 Å². The predicted octanol–water partition coefficient (Wildman–Crippen LogP) is 4.55. The normalized spacial score (nSPS) is 20.2. The van der Waals surface area contributed by atoms with Crippen LogP contribution in [-0.4, -0.2) is 53.0 Å². The van der Waals surface area contributed by atoms with Gasteiger partial charge < -0.3 is 19.9 Å². The molecule has 1 aliphatic carbocycles. The number of H-pyrrole nitrogens is 1. The van der Waals surface area contributed by atoms with Gasteiger partial charge in [-0.25, -0.2) is 0 Å². The van der Waals surface area contributed by atoms with Crippen molar-refractivity contribution < 1.29 is 14.3 Å². The molecule has 1 spiro atoms. The standard InChI is InChI=1S/C30H30N4O3/c1-19-7-8-24-21(17-19)18-25(32-24)29(36)34-15-11-30(12-16-34)23-6-4-3-5-22(23)26(27(30)37-2)33-28(35)20-9-13-31-14-10-20/h3-10,13-14,17-18,26-27,32H,11-12,15-16H2,1-2H3,(H,33,35)/t26-,27+/m1/s1. The van der Waals surface area contributed by atoms with E-state index in [1.165, 1.54) is 11.1 Å². The van der Waals surface area contributed by atoms with Gasteiger partial charge in [0.05, 0.1) is 12.1 Å². The number of aromatic amines is 1. The molecule has 37 heavy (non-hydrogen) atoms. The molecule has 7 heteroatoms. The molecule has 2 aliphatic rings. The van der Waals surface area contributed by atoms with E-state index in [-0.39, 0.29) is 29.4 Å². The Bertz CT molecular complexity index is 1470. The molecule has 1 saturated heterocycles. The van der Waals surface area contributed by atoms with Crippen LogP contribution in [-0.2, 0) is 10.2 Å². The summed E-state index contributed by atoms with van der Waals surface area (Å²) in [5, 5.41) is 4.28. The lowest BCUT2D eigenvalue weighted by Gasteiger charge is -2.44. The Kier molecular flexibility index (Phi) is 5.80. The summed E-state index contributed by atoms with van der Waals surface area (Å²) >= 11 is 0. The molecule has 4 aromatic rings. The summed E-state index contributed by atoms with van der Waals surface area (Å²) in [5.74, 6) is -0.130. The molecule has 1 aliphatic heterocycles. The molecule has 3 heterocycles. The van der Waals surface area contributed by atoms with Gasteiger partial charge in [0.1, 0.15) is 5.69 Å². The zero-order valence-corrected chi connectivity index (χ0v) is 21.0. The quantitative estimate of drug-likeness (QED) is 0.436. The molecule has 188 valence electrons. The number of hydrogen-bond acceptors (Lipinski definition) is 4. The van der Waals surface area contributed by atoms with Gasteiger partial charge in [0.2, 0.25) is 0 Å². The zero-order chi connectivity index (χ0) is 25.6. The van der Waals surface area contributed by atoms with Crippen LogP contribution in [0.25, 0.3) is 10.9 Å². The highest BCUT2D eigenvalue weighted by molar-refractivity contribution is 5.98. The number of likely N-dealkylation sites (tertiary alicyclic amines) is 1. The number of amides is 2. The van der Waals surface area contributed by atoms with Crippen LogP contribution >= 0.6 is 0 Å².